The van der Waals surface area contributed by atoms with Crippen LogP contribution in [0.5, 0.6) is 0 Å². The smallest absolute Gasteiger partial charge is 0.472 e. The van der Waals surface area contributed by atoms with Gasteiger partial charge in [-0.1, -0.05) is 187 Å². The van der Waals surface area contributed by atoms with E-state index in [9.17, 15) is 63.1 Å². The summed E-state index contributed by atoms with van der Waals surface area (Å²) in [5.41, 5.74) is 0. The average molecular weight is 1330 g/mol. The maximum Gasteiger partial charge on any atom is 0.472 e. The number of aliphatic carboxylic acids is 3. The van der Waals surface area contributed by atoms with E-state index in [0.717, 1.165) is 57.8 Å². The minimum atomic E-state index is -4.65. The van der Waals surface area contributed by atoms with Crippen molar-refractivity contribution < 1.29 is 81.7 Å². The van der Waals surface area contributed by atoms with Gasteiger partial charge in [0.2, 0.25) is 11.8 Å². The van der Waals surface area contributed by atoms with Crippen molar-refractivity contribution >= 4 is 55.5 Å². The number of nitrogens with zero attached hydrogens (tertiary/aromatic N) is 4. The fourth-order valence-electron chi connectivity index (χ4n) is 10.8. The molecule has 2 atom stereocenters. The Balaban J connectivity index is 2.35. The van der Waals surface area contributed by atoms with Gasteiger partial charge in [0.15, 0.2) is 6.10 Å². The molecule has 25 nitrogen and oxygen atoms in total. The molecule has 1 aliphatic heterocycles. The standard InChI is InChI=1S/C66H125N8O17P/c1-3-5-7-9-11-13-15-17-19-21-23-25-31-37-64(83)88-56-58(91-65(84)38-32-26-24-22-20-18-16-14-12-10-8-6-4-2)57-90-92(86,87)89-51-42-68-59(75)36-30-29-35-41-70-66(85)69-40-34-28-27-33-39-67-60(76)52-71-43-45-72(53-61(77)78)47-49-74(55-63(81)82)50-48-73(46-44-71)54-62(79)80/h58H,3-57H2,1-2H3,(H,67,76)(H,68,75)(H,77,78)(H,79,80)(H,81,82)(H,86,87)(H2,69,70,85)/p-3/t58-/m0/s1. The number of rotatable bonds is 59. The number of phosphoric acid groups is 1. The van der Waals surface area contributed by atoms with Crippen molar-refractivity contribution in [2.24, 2.45) is 0 Å². The Kier molecular flexibility index (Phi) is 54.9. The third kappa shape index (κ3) is 55.9. The quantitative estimate of drug-likeness (QED) is 0.0278. The second-order valence-corrected chi connectivity index (χ2v) is 26.2. The molecule has 1 unspecified atom stereocenters. The summed E-state index contributed by atoms with van der Waals surface area (Å²) in [5, 5.41) is 45.4. The van der Waals surface area contributed by atoms with Crippen LogP contribution >= 0.6 is 7.82 Å². The molecule has 1 aliphatic rings. The Morgan fingerprint density at radius 1 is 0.391 bits per heavy atom. The number of esters is 2. The second-order valence-electron chi connectivity index (χ2n) is 24.7. The molecular formula is C66H122N8O17P-3. The molecule has 1 rings (SSSR count). The molecule has 0 spiro atoms. The van der Waals surface area contributed by atoms with E-state index < -0.39 is 56.9 Å². The Labute approximate surface area is 551 Å². The van der Waals surface area contributed by atoms with Crippen molar-refractivity contribution in [1.29, 1.82) is 0 Å². The Bertz CT molecular complexity index is 1970. The number of carboxylic acids is 3. The first kappa shape index (κ1) is 85.5. The molecule has 1 fully saturated rings. The highest BCUT2D eigenvalue weighted by Gasteiger charge is 2.27. The summed E-state index contributed by atoms with van der Waals surface area (Å²) in [4.78, 5) is 115. The van der Waals surface area contributed by atoms with Crippen LogP contribution in [0.25, 0.3) is 0 Å². The van der Waals surface area contributed by atoms with Crippen molar-refractivity contribution in [2.75, 3.05) is 125 Å². The van der Waals surface area contributed by atoms with Crippen LogP contribution < -0.4 is 36.6 Å². The Morgan fingerprint density at radius 3 is 1.12 bits per heavy atom. The maximum absolute atomic E-state index is 12.9. The fourth-order valence-corrected chi connectivity index (χ4v) is 11.5. The van der Waals surface area contributed by atoms with Crippen molar-refractivity contribution in [2.45, 2.75) is 251 Å². The molecule has 0 aromatic heterocycles. The number of unbranched alkanes of at least 4 members (excludes halogenated alkanes) is 29. The van der Waals surface area contributed by atoms with Gasteiger partial charge in [-0.25, -0.2) is 9.36 Å². The average Bonchev–Trinajstić information content (AvgIpc) is 2.22. The number of carboxylic acid groups (broad SMARTS) is 3. The lowest BCUT2D eigenvalue weighted by atomic mass is 10.0. The van der Waals surface area contributed by atoms with Gasteiger partial charge in [0.25, 0.3) is 0 Å². The van der Waals surface area contributed by atoms with Crippen LogP contribution in [-0.2, 0) is 56.6 Å². The number of hydrogen-bond acceptors (Lipinski definition) is 20. The molecule has 1 heterocycles. The molecule has 92 heavy (non-hydrogen) atoms. The van der Waals surface area contributed by atoms with E-state index in [0.29, 0.717) is 71.2 Å². The third-order valence-corrected chi connectivity index (χ3v) is 17.2. The third-order valence-electron chi connectivity index (χ3n) is 16.2. The van der Waals surface area contributed by atoms with Crippen molar-refractivity contribution in [3.8, 4) is 0 Å². The number of urea groups is 1. The number of nitrogens with one attached hydrogen (secondary N) is 4. The van der Waals surface area contributed by atoms with Crippen LogP contribution in [0.4, 0.5) is 4.79 Å². The summed E-state index contributed by atoms with van der Waals surface area (Å²) < 4.78 is 34.1. The van der Waals surface area contributed by atoms with E-state index in [4.69, 9.17) is 18.5 Å². The second kappa shape index (κ2) is 59.0. The van der Waals surface area contributed by atoms with Gasteiger partial charge in [0, 0.05) is 117 Å². The first-order valence-corrected chi connectivity index (χ1v) is 36.9. The summed E-state index contributed by atoms with van der Waals surface area (Å²) in [6, 6.07) is -0.305. The Morgan fingerprint density at radius 2 is 0.717 bits per heavy atom. The SMILES string of the molecule is CCCCCCCCCCCCCCCC(=O)OC[C@@H](COP(=O)(O)OCCNC(=O)CCCCCNC(=O)NCCCCCCNC(=O)CN1CCN(CC(=O)[O-])CCN(CC(=O)[O-])CCN(CC(=O)[O-])CC1)OC(=O)CCCCCCCCCCCCCCC. The molecule has 0 saturated carbocycles. The maximum atomic E-state index is 12.9. The number of amides is 4. The van der Waals surface area contributed by atoms with Crippen LogP contribution in [0.15, 0.2) is 0 Å². The highest BCUT2D eigenvalue weighted by molar-refractivity contribution is 7.47. The predicted octanol–water partition coefficient (Wildman–Crippen LogP) is 5.66. The van der Waals surface area contributed by atoms with Crippen molar-refractivity contribution in [1.82, 2.24) is 40.9 Å². The lowest BCUT2D eigenvalue weighted by Crippen LogP contribution is -2.52. The zero-order valence-electron chi connectivity index (χ0n) is 56.7. The van der Waals surface area contributed by atoms with Crippen LogP contribution in [0, 0.1) is 0 Å². The van der Waals surface area contributed by atoms with Gasteiger partial charge in [-0.15, -0.1) is 0 Å². The largest absolute Gasteiger partial charge is 0.549 e. The van der Waals surface area contributed by atoms with Crippen LogP contribution in [0.3, 0.4) is 0 Å². The summed E-state index contributed by atoms with van der Waals surface area (Å²) in [5.74, 6) is -5.36. The van der Waals surface area contributed by atoms with Crippen molar-refractivity contribution in [3.05, 3.63) is 0 Å². The van der Waals surface area contributed by atoms with Gasteiger partial charge in [0.1, 0.15) is 6.61 Å². The first-order valence-electron chi connectivity index (χ1n) is 35.4. The first-order chi connectivity index (χ1) is 44.4. The van der Waals surface area contributed by atoms with Gasteiger partial charge in [-0.2, -0.15) is 0 Å². The van der Waals surface area contributed by atoms with E-state index in [1.165, 1.54) is 116 Å². The minimum absolute atomic E-state index is 0.00284. The lowest BCUT2D eigenvalue weighted by molar-refractivity contribution is -0.308. The number of hydrogen-bond donors (Lipinski definition) is 5. The number of carbonyl (C=O) groups is 8. The Hall–Kier alpha value is -4.49. The highest BCUT2D eigenvalue weighted by atomic mass is 31.2. The topological polar surface area (TPSA) is 341 Å². The molecule has 26 heteroatoms. The summed E-state index contributed by atoms with van der Waals surface area (Å²) in [6.07, 6.45) is 34.9. The molecule has 0 aliphatic carbocycles. The number of phosphoric ester groups is 1. The van der Waals surface area contributed by atoms with Crippen molar-refractivity contribution in [3.63, 3.8) is 0 Å². The van der Waals surface area contributed by atoms with E-state index in [-0.39, 0.29) is 116 Å². The van der Waals surface area contributed by atoms with Crippen LogP contribution in [0.2, 0.25) is 0 Å². The summed E-state index contributed by atoms with van der Waals surface area (Å²) >= 11 is 0. The van der Waals surface area contributed by atoms with Gasteiger partial charge < -0.3 is 65.3 Å². The predicted molar refractivity (Wildman–Crippen MR) is 348 cm³/mol. The number of ether oxygens (including phenoxy) is 2. The highest BCUT2D eigenvalue weighted by Crippen LogP contribution is 2.43. The van der Waals surface area contributed by atoms with E-state index in [1.807, 2.05) is 4.90 Å². The molecule has 4 amide bonds. The van der Waals surface area contributed by atoms with Crippen LogP contribution in [0.1, 0.15) is 245 Å². The minimum Gasteiger partial charge on any atom is -0.549 e. The molecule has 1 saturated heterocycles. The lowest BCUT2D eigenvalue weighted by Gasteiger charge is -2.34. The molecular weight excluding hydrogens is 1210 g/mol. The zero-order chi connectivity index (χ0) is 67.6. The molecule has 0 aromatic rings. The molecule has 0 bridgehead atoms. The van der Waals surface area contributed by atoms with Crippen LogP contribution in [-0.4, -0.2) is 203 Å². The van der Waals surface area contributed by atoms with Gasteiger partial charge in [0.05, 0.1) is 37.7 Å². The fraction of sp³-hybridized carbons (Fsp3) is 0.879. The summed E-state index contributed by atoms with van der Waals surface area (Å²) in [7, 11) is -4.65. The monoisotopic (exact) mass is 1330 g/mol. The normalized spacial score (nSPS) is 14.9. The zero-order valence-corrected chi connectivity index (χ0v) is 57.6. The van der Waals surface area contributed by atoms with Gasteiger partial charge >= 0.3 is 25.8 Å². The molecule has 536 valence electrons. The molecule has 0 radical (unpaired) electrons. The van der Waals surface area contributed by atoms with E-state index in [2.05, 4.69) is 35.1 Å². The van der Waals surface area contributed by atoms with Gasteiger partial charge in [-0.05, 0) is 38.5 Å². The molecule has 5 N–H and O–H groups in total. The van der Waals surface area contributed by atoms with E-state index in [1.54, 1.807) is 14.7 Å². The van der Waals surface area contributed by atoms with Gasteiger partial charge in [-0.3, -0.25) is 47.8 Å². The number of carbonyl (C=O) groups excluding carboxylic acids is 8. The van der Waals surface area contributed by atoms with E-state index >= 15 is 0 Å². The summed E-state index contributed by atoms with van der Waals surface area (Å²) in [6.45, 7) is 5.27. The molecule has 0 aromatic carbocycles.